The summed E-state index contributed by atoms with van der Waals surface area (Å²) in [5.41, 5.74) is -0.966. The predicted molar refractivity (Wildman–Crippen MR) is 106 cm³/mol. The van der Waals surface area contributed by atoms with Gasteiger partial charge in [-0.2, -0.15) is 0 Å². The highest BCUT2D eigenvalue weighted by Gasteiger charge is 2.32. The number of aliphatic hydroxyl groups is 1. The summed E-state index contributed by atoms with van der Waals surface area (Å²) >= 11 is 0. The zero-order valence-electron chi connectivity index (χ0n) is 16.7. The highest BCUT2D eigenvalue weighted by atomic mass is 32.2. The molecule has 0 saturated carbocycles. The van der Waals surface area contributed by atoms with Crippen LogP contribution in [0.1, 0.15) is 24.2 Å². The average Bonchev–Trinajstić information content (AvgIpc) is 2.70. The Hall–Kier alpha value is -2.92. The molecule has 0 bridgehead atoms. The molecule has 0 aliphatic carbocycles. The molecule has 0 unspecified atom stereocenters. The zero-order valence-corrected chi connectivity index (χ0v) is 17.5. The van der Waals surface area contributed by atoms with E-state index in [1.165, 1.54) is 45.4 Å². The molecule has 3 rings (SSSR count). The summed E-state index contributed by atoms with van der Waals surface area (Å²) in [7, 11) is -2.88. The van der Waals surface area contributed by atoms with Crippen LogP contribution in [0.3, 0.4) is 0 Å². The minimum absolute atomic E-state index is 0.00738. The first-order valence-corrected chi connectivity index (χ1v) is 10.5. The van der Waals surface area contributed by atoms with Crippen LogP contribution < -0.4 is 19.1 Å². The van der Waals surface area contributed by atoms with Crippen LogP contribution in [0.5, 0.6) is 11.6 Å². The summed E-state index contributed by atoms with van der Waals surface area (Å²) in [4.78, 5) is 16.2. The van der Waals surface area contributed by atoms with Crippen molar-refractivity contribution in [3.8, 4) is 11.6 Å². The molecule has 1 amide bonds. The maximum atomic E-state index is 14.1. The molecule has 2 N–H and O–H groups in total. The van der Waals surface area contributed by atoms with Gasteiger partial charge in [0.15, 0.2) is 11.6 Å². The fourth-order valence-corrected chi connectivity index (χ4v) is 4.23. The number of amides is 1. The van der Waals surface area contributed by atoms with Gasteiger partial charge in [0, 0.05) is 12.7 Å². The van der Waals surface area contributed by atoms with Crippen LogP contribution in [0.15, 0.2) is 35.4 Å². The molecule has 1 aromatic heterocycles. The van der Waals surface area contributed by atoms with E-state index in [9.17, 15) is 22.7 Å². The van der Waals surface area contributed by atoms with Gasteiger partial charge in [-0.3, -0.25) is 9.10 Å². The van der Waals surface area contributed by atoms with E-state index in [1.54, 1.807) is 0 Å². The number of fused-ring (bicyclic) bond motifs is 1. The van der Waals surface area contributed by atoms with Gasteiger partial charge in [-0.25, -0.2) is 17.8 Å². The molecule has 9 nitrogen and oxygen atoms in total. The Kier molecular flexibility index (Phi) is 5.86. The van der Waals surface area contributed by atoms with E-state index in [1.807, 2.05) is 0 Å². The highest BCUT2D eigenvalue weighted by Crippen LogP contribution is 2.35. The lowest BCUT2D eigenvalue weighted by atomic mass is 10.1. The number of ether oxygens (including phenoxy) is 2. The Morgan fingerprint density at radius 2 is 2.13 bits per heavy atom. The quantitative estimate of drug-likeness (QED) is 0.697. The molecule has 2 aromatic rings. The molecule has 30 heavy (non-hydrogen) atoms. The van der Waals surface area contributed by atoms with Gasteiger partial charge in [-0.15, -0.1) is 0 Å². The summed E-state index contributed by atoms with van der Waals surface area (Å²) in [6, 6.07) is 4.66. The van der Waals surface area contributed by atoms with Crippen LogP contribution in [-0.2, 0) is 10.0 Å². The summed E-state index contributed by atoms with van der Waals surface area (Å²) in [5.74, 6) is -1.39. The Balaban J connectivity index is 1.96. The molecular weight excluding hydrogens is 417 g/mol. The van der Waals surface area contributed by atoms with E-state index >= 15 is 0 Å². The van der Waals surface area contributed by atoms with Gasteiger partial charge in [-0.05, 0) is 38.1 Å². The van der Waals surface area contributed by atoms with Crippen LogP contribution >= 0.6 is 0 Å². The number of carbonyl (C=O) groups is 1. The van der Waals surface area contributed by atoms with Crippen molar-refractivity contribution < 1.29 is 32.2 Å². The molecule has 11 heteroatoms. The maximum absolute atomic E-state index is 14.1. The van der Waals surface area contributed by atoms with Crippen molar-refractivity contribution in [2.24, 2.45) is 0 Å². The minimum Gasteiger partial charge on any atom is -0.494 e. The lowest BCUT2D eigenvalue weighted by Crippen LogP contribution is -2.39. The second-order valence-electron chi connectivity index (χ2n) is 7.27. The maximum Gasteiger partial charge on any atom is 0.264 e. The number of hydrogen-bond acceptors (Lipinski definition) is 7. The van der Waals surface area contributed by atoms with E-state index < -0.39 is 27.3 Å². The first-order valence-electron chi connectivity index (χ1n) is 9.02. The Bertz CT molecular complexity index is 1070. The molecule has 0 spiro atoms. The number of hydrogen-bond donors (Lipinski definition) is 2. The first-order chi connectivity index (χ1) is 14.0. The van der Waals surface area contributed by atoms with Crippen LogP contribution in [0, 0.1) is 5.82 Å². The molecule has 2 heterocycles. The Morgan fingerprint density at radius 3 is 2.77 bits per heavy atom. The number of methoxy groups -OCH3 is 1. The zero-order chi connectivity index (χ0) is 22.1. The predicted octanol–water partition coefficient (Wildman–Crippen LogP) is 1.32. The van der Waals surface area contributed by atoms with Crippen molar-refractivity contribution in [1.29, 1.82) is 0 Å². The molecular formula is C19H22FN3O6S. The Labute approximate surface area is 173 Å². The molecule has 1 aromatic carbocycles. The van der Waals surface area contributed by atoms with Gasteiger partial charge in [0.2, 0.25) is 5.88 Å². The molecule has 0 saturated heterocycles. The number of carbonyl (C=O) groups excluding carboxylic acids is 1. The molecule has 0 fully saturated rings. The number of aromatic nitrogens is 1. The monoisotopic (exact) mass is 439 g/mol. The van der Waals surface area contributed by atoms with Gasteiger partial charge in [0.1, 0.15) is 12.3 Å². The van der Waals surface area contributed by atoms with E-state index in [4.69, 9.17) is 9.47 Å². The van der Waals surface area contributed by atoms with E-state index in [0.29, 0.717) is 0 Å². The van der Waals surface area contributed by atoms with Gasteiger partial charge in [-0.1, -0.05) is 0 Å². The number of sulfonamides is 1. The lowest BCUT2D eigenvalue weighted by Gasteiger charge is -2.30. The van der Waals surface area contributed by atoms with Crippen molar-refractivity contribution >= 4 is 21.6 Å². The summed E-state index contributed by atoms with van der Waals surface area (Å²) in [6.45, 7) is 3.07. The largest absolute Gasteiger partial charge is 0.494 e. The average molecular weight is 439 g/mol. The van der Waals surface area contributed by atoms with E-state index in [0.717, 1.165) is 10.4 Å². The number of anilines is 1. The van der Waals surface area contributed by atoms with E-state index in [2.05, 4.69) is 10.3 Å². The van der Waals surface area contributed by atoms with Crippen molar-refractivity contribution in [3.63, 3.8) is 0 Å². The van der Waals surface area contributed by atoms with Crippen LogP contribution in [0.2, 0.25) is 0 Å². The molecule has 162 valence electrons. The molecule has 0 atom stereocenters. The van der Waals surface area contributed by atoms with Crippen LogP contribution in [0.4, 0.5) is 10.1 Å². The second kappa shape index (κ2) is 8.07. The van der Waals surface area contributed by atoms with Gasteiger partial charge >= 0.3 is 0 Å². The molecule has 0 radical (unpaired) electrons. The number of rotatable bonds is 6. The van der Waals surface area contributed by atoms with Crippen LogP contribution in [0.25, 0.3) is 0 Å². The Morgan fingerprint density at radius 1 is 1.40 bits per heavy atom. The van der Waals surface area contributed by atoms with Crippen molar-refractivity contribution in [2.45, 2.75) is 24.3 Å². The SMILES string of the molecule is COc1ccc(S(=O)(=O)N2CCOc3ncc(C(=O)NCC(C)(C)O)cc32)cc1F. The third kappa shape index (κ3) is 4.46. The number of pyridine rings is 1. The summed E-state index contributed by atoms with van der Waals surface area (Å²) in [6.07, 6.45) is 1.25. The standard InChI is InChI=1S/C19H22FN3O6S/c1-19(2,25)11-22-17(24)12-8-15-18(21-10-12)29-7-6-23(15)30(26,27)13-4-5-16(28-3)14(20)9-13/h4-5,8-10,25H,6-7,11H2,1-3H3,(H,22,24). The van der Waals surface area contributed by atoms with E-state index in [-0.39, 0.29) is 47.5 Å². The normalized spacial score (nSPS) is 14.0. The second-order valence-corrected chi connectivity index (χ2v) is 9.13. The topological polar surface area (TPSA) is 118 Å². The number of nitrogens with zero attached hydrogens (tertiary/aromatic N) is 2. The number of nitrogens with one attached hydrogen (secondary N) is 1. The van der Waals surface area contributed by atoms with Gasteiger partial charge in [0.25, 0.3) is 15.9 Å². The van der Waals surface area contributed by atoms with Crippen LogP contribution in [-0.4, -0.2) is 56.8 Å². The number of halogens is 1. The molecule has 1 aliphatic rings. The minimum atomic E-state index is -4.15. The summed E-state index contributed by atoms with van der Waals surface area (Å²) < 4.78 is 51.6. The summed E-state index contributed by atoms with van der Waals surface area (Å²) in [5, 5.41) is 12.3. The molecule has 1 aliphatic heterocycles. The first kappa shape index (κ1) is 21.8. The highest BCUT2D eigenvalue weighted by molar-refractivity contribution is 7.92. The smallest absolute Gasteiger partial charge is 0.264 e. The van der Waals surface area contributed by atoms with Crippen molar-refractivity contribution in [2.75, 3.05) is 31.1 Å². The van der Waals surface area contributed by atoms with Gasteiger partial charge < -0.3 is 19.9 Å². The van der Waals surface area contributed by atoms with Crippen molar-refractivity contribution in [3.05, 3.63) is 41.8 Å². The van der Waals surface area contributed by atoms with Gasteiger partial charge in [0.05, 0.1) is 29.7 Å². The fraction of sp³-hybridized carbons (Fsp3) is 0.368. The fourth-order valence-electron chi connectivity index (χ4n) is 2.78. The number of benzene rings is 1. The van der Waals surface area contributed by atoms with Crippen molar-refractivity contribution in [1.82, 2.24) is 10.3 Å². The third-order valence-corrected chi connectivity index (χ3v) is 6.10. The third-order valence-electron chi connectivity index (χ3n) is 4.29. The lowest BCUT2D eigenvalue weighted by molar-refractivity contribution is 0.0694.